The third-order valence-corrected chi connectivity index (χ3v) is 5.62. The van der Waals surface area contributed by atoms with E-state index in [-0.39, 0.29) is 17.2 Å². The van der Waals surface area contributed by atoms with Gasteiger partial charge < -0.3 is 5.32 Å². The molecule has 0 aliphatic carbocycles. The first-order valence-corrected chi connectivity index (χ1v) is 9.71. The second kappa shape index (κ2) is 8.32. The van der Waals surface area contributed by atoms with Crippen molar-refractivity contribution < 1.29 is 4.79 Å². The Morgan fingerprint density at radius 2 is 1.77 bits per heavy atom. The number of rotatable bonds is 6. The highest BCUT2D eigenvalue weighted by atomic mass is 32.2. The molecule has 3 aromatic rings. The van der Waals surface area contributed by atoms with Crippen LogP contribution in [0.1, 0.15) is 37.7 Å². The van der Waals surface area contributed by atoms with Crippen LogP contribution in [-0.4, -0.2) is 21.1 Å². The summed E-state index contributed by atoms with van der Waals surface area (Å²) >= 11 is 1.51. The molecule has 1 aromatic heterocycles. The number of para-hydroxylation sites is 1. The lowest BCUT2D eigenvalue weighted by molar-refractivity contribution is -0.121. The Kier molecular flexibility index (Phi) is 5.89. The molecule has 1 N–H and O–H groups in total. The molecule has 0 aliphatic rings. The Morgan fingerprint density at radius 3 is 2.50 bits per heavy atom. The topological polar surface area (TPSA) is 54.9 Å². The SMILES string of the molecule is CC[C@@H](Sc1nc(C)nc2ccccc12)C(=O)N[C@H](C)c1ccccc1. The first-order chi connectivity index (χ1) is 12.6. The molecule has 1 amide bonds. The Morgan fingerprint density at radius 1 is 1.08 bits per heavy atom. The average Bonchev–Trinajstić information content (AvgIpc) is 2.66. The number of benzene rings is 2. The van der Waals surface area contributed by atoms with Crippen LogP contribution in [0.5, 0.6) is 0 Å². The van der Waals surface area contributed by atoms with Gasteiger partial charge >= 0.3 is 0 Å². The molecule has 2 atom stereocenters. The quantitative estimate of drug-likeness (QED) is 0.509. The van der Waals surface area contributed by atoms with E-state index in [1.54, 1.807) is 0 Å². The number of aryl methyl sites for hydroxylation is 1. The number of hydrogen-bond acceptors (Lipinski definition) is 4. The minimum absolute atomic E-state index is 0.0257. The number of fused-ring (bicyclic) bond motifs is 1. The molecule has 0 spiro atoms. The number of aromatic nitrogens is 2. The number of nitrogens with one attached hydrogen (secondary N) is 1. The molecule has 5 heteroatoms. The van der Waals surface area contributed by atoms with Crippen molar-refractivity contribution >= 4 is 28.6 Å². The Balaban J connectivity index is 1.78. The van der Waals surface area contributed by atoms with E-state index in [0.29, 0.717) is 0 Å². The molecule has 0 aliphatic heterocycles. The van der Waals surface area contributed by atoms with Gasteiger partial charge in [-0.1, -0.05) is 67.2 Å². The first kappa shape index (κ1) is 18.4. The van der Waals surface area contributed by atoms with Gasteiger partial charge in [0.2, 0.25) is 5.91 Å². The van der Waals surface area contributed by atoms with Crippen LogP contribution < -0.4 is 5.32 Å². The summed E-state index contributed by atoms with van der Waals surface area (Å²) in [6.45, 7) is 5.92. The highest BCUT2D eigenvalue weighted by Crippen LogP contribution is 2.30. The van der Waals surface area contributed by atoms with Crippen molar-refractivity contribution in [3.05, 3.63) is 66.0 Å². The monoisotopic (exact) mass is 365 g/mol. The highest BCUT2D eigenvalue weighted by Gasteiger charge is 2.22. The molecule has 1 heterocycles. The minimum Gasteiger partial charge on any atom is -0.349 e. The van der Waals surface area contributed by atoms with Crippen molar-refractivity contribution in [1.82, 2.24) is 15.3 Å². The fourth-order valence-electron chi connectivity index (χ4n) is 2.84. The molecule has 0 radical (unpaired) electrons. The number of carbonyl (C=O) groups is 1. The molecule has 2 aromatic carbocycles. The maximum Gasteiger partial charge on any atom is 0.234 e. The van der Waals surface area contributed by atoms with Gasteiger partial charge in [0.05, 0.1) is 16.8 Å². The Labute approximate surface area is 158 Å². The van der Waals surface area contributed by atoms with Gasteiger partial charge in [-0.05, 0) is 31.9 Å². The predicted octanol–water partition coefficient (Wildman–Crippen LogP) is 4.69. The van der Waals surface area contributed by atoms with Crippen LogP contribution >= 0.6 is 11.8 Å². The minimum atomic E-state index is -0.195. The maximum absolute atomic E-state index is 12.8. The zero-order chi connectivity index (χ0) is 18.5. The van der Waals surface area contributed by atoms with Gasteiger partial charge in [-0.3, -0.25) is 4.79 Å². The van der Waals surface area contributed by atoms with Gasteiger partial charge in [0, 0.05) is 5.39 Å². The summed E-state index contributed by atoms with van der Waals surface area (Å²) in [5, 5.41) is 4.79. The van der Waals surface area contributed by atoms with E-state index in [9.17, 15) is 4.79 Å². The smallest absolute Gasteiger partial charge is 0.234 e. The summed E-state index contributed by atoms with van der Waals surface area (Å²) in [6, 6.07) is 17.9. The molecule has 134 valence electrons. The van der Waals surface area contributed by atoms with Gasteiger partial charge in [-0.2, -0.15) is 0 Å². The first-order valence-electron chi connectivity index (χ1n) is 8.84. The van der Waals surface area contributed by atoms with Crippen LogP contribution in [-0.2, 0) is 4.79 Å². The van der Waals surface area contributed by atoms with E-state index in [1.165, 1.54) is 11.8 Å². The van der Waals surface area contributed by atoms with Crippen LogP contribution in [0, 0.1) is 6.92 Å². The second-order valence-electron chi connectivity index (χ2n) is 6.25. The summed E-state index contributed by atoms with van der Waals surface area (Å²) in [6.07, 6.45) is 0.732. The van der Waals surface area contributed by atoms with Crippen molar-refractivity contribution in [2.75, 3.05) is 0 Å². The maximum atomic E-state index is 12.8. The van der Waals surface area contributed by atoms with Crippen LogP contribution in [0.15, 0.2) is 59.6 Å². The van der Waals surface area contributed by atoms with Crippen LogP contribution in [0.2, 0.25) is 0 Å². The van der Waals surface area contributed by atoms with Crippen molar-refractivity contribution in [3.8, 4) is 0 Å². The number of amides is 1. The number of carbonyl (C=O) groups excluding carboxylic acids is 1. The van der Waals surface area contributed by atoms with Gasteiger partial charge in [0.1, 0.15) is 10.9 Å². The summed E-state index contributed by atoms with van der Waals surface area (Å²) in [7, 11) is 0. The zero-order valence-corrected chi connectivity index (χ0v) is 16.1. The van der Waals surface area contributed by atoms with E-state index in [2.05, 4.69) is 15.3 Å². The third kappa shape index (κ3) is 4.22. The number of hydrogen-bond donors (Lipinski definition) is 1. The number of thioether (sulfide) groups is 1. The van der Waals surface area contributed by atoms with Gasteiger partial charge in [-0.15, -0.1) is 0 Å². The third-order valence-electron chi connectivity index (χ3n) is 4.26. The molecule has 0 fully saturated rings. The van der Waals surface area contributed by atoms with Crippen LogP contribution in [0.3, 0.4) is 0 Å². The molecule has 0 unspecified atom stereocenters. The van der Waals surface area contributed by atoms with Gasteiger partial charge in [0.25, 0.3) is 0 Å². The van der Waals surface area contributed by atoms with E-state index in [0.717, 1.165) is 33.7 Å². The van der Waals surface area contributed by atoms with E-state index in [1.807, 2.05) is 75.4 Å². The number of nitrogens with zero attached hydrogens (tertiary/aromatic N) is 2. The summed E-state index contributed by atoms with van der Waals surface area (Å²) < 4.78 is 0. The largest absolute Gasteiger partial charge is 0.349 e. The van der Waals surface area contributed by atoms with Crippen molar-refractivity contribution in [3.63, 3.8) is 0 Å². The van der Waals surface area contributed by atoms with E-state index in [4.69, 9.17) is 0 Å². The van der Waals surface area contributed by atoms with Gasteiger partial charge in [-0.25, -0.2) is 9.97 Å². The predicted molar refractivity (Wildman–Crippen MR) is 107 cm³/mol. The molecule has 3 rings (SSSR count). The van der Waals surface area contributed by atoms with Crippen molar-refractivity contribution in [2.45, 2.75) is 43.5 Å². The van der Waals surface area contributed by atoms with Gasteiger partial charge in [0.15, 0.2) is 0 Å². The van der Waals surface area contributed by atoms with Crippen molar-refractivity contribution in [1.29, 1.82) is 0 Å². The molecule has 0 saturated heterocycles. The normalized spacial score (nSPS) is 13.3. The average molecular weight is 366 g/mol. The standard InChI is InChI=1S/C21H23N3OS/c1-4-19(20(25)22-14(2)16-10-6-5-7-11-16)26-21-17-12-8-9-13-18(17)23-15(3)24-21/h5-14,19H,4H2,1-3H3,(H,22,25)/t14-,19-/m1/s1. The molecular formula is C21H23N3OS. The van der Waals surface area contributed by atoms with E-state index < -0.39 is 0 Å². The summed E-state index contributed by atoms with van der Waals surface area (Å²) in [4.78, 5) is 21.9. The van der Waals surface area contributed by atoms with Crippen LogP contribution in [0.4, 0.5) is 0 Å². The molecule has 0 saturated carbocycles. The molecule has 26 heavy (non-hydrogen) atoms. The zero-order valence-electron chi connectivity index (χ0n) is 15.3. The molecular weight excluding hydrogens is 342 g/mol. The lowest BCUT2D eigenvalue weighted by Gasteiger charge is -2.19. The Hall–Kier alpha value is -2.40. The lowest BCUT2D eigenvalue weighted by atomic mass is 10.1. The summed E-state index contributed by atoms with van der Waals surface area (Å²) in [5.74, 6) is 0.758. The second-order valence-corrected chi connectivity index (χ2v) is 7.44. The lowest BCUT2D eigenvalue weighted by Crippen LogP contribution is -2.34. The Bertz CT molecular complexity index is 898. The van der Waals surface area contributed by atoms with E-state index >= 15 is 0 Å². The molecule has 0 bridgehead atoms. The fraction of sp³-hybridized carbons (Fsp3) is 0.286. The summed E-state index contributed by atoms with van der Waals surface area (Å²) in [5.41, 5.74) is 2.01. The van der Waals surface area contributed by atoms with Crippen LogP contribution in [0.25, 0.3) is 10.9 Å². The highest BCUT2D eigenvalue weighted by molar-refractivity contribution is 8.00. The fourth-order valence-corrected chi connectivity index (χ4v) is 3.93. The molecule has 4 nitrogen and oxygen atoms in total. The van der Waals surface area contributed by atoms with Crippen molar-refractivity contribution in [2.24, 2.45) is 0 Å².